The van der Waals surface area contributed by atoms with Gasteiger partial charge in [0.15, 0.2) is 0 Å². The number of esters is 1. The Morgan fingerprint density at radius 2 is 1.92 bits per heavy atom. The van der Waals surface area contributed by atoms with E-state index in [2.05, 4.69) is 15.4 Å². The summed E-state index contributed by atoms with van der Waals surface area (Å²) in [5.41, 5.74) is 0. The summed E-state index contributed by atoms with van der Waals surface area (Å²) >= 11 is 0. The number of ether oxygens (including phenoxy) is 1. The number of hydrogen-bond donors (Lipinski definition) is 2. The van der Waals surface area contributed by atoms with Gasteiger partial charge in [0.1, 0.15) is 0 Å². The van der Waals surface area contributed by atoms with Crippen molar-refractivity contribution < 1.29 is 19.1 Å². The maximum absolute atomic E-state index is 10.8. The lowest BCUT2D eigenvalue weighted by Gasteiger charge is -2.02. The predicted octanol–water partition coefficient (Wildman–Crippen LogP) is -1.59. The van der Waals surface area contributed by atoms with E-state index in [4.69, 9.17) is 0 Å². The van der Waals surface area contributed by atoms with Crippen LogP contribution in [0.1, 0.15) is 6.92 Å². The van der Waals surface area contributed by atoms with Crippen LogP contribution < -0.4 is 10.6 Å². The average molecular weight is 188 g/mol. The molecule has 0 atom stereocenters. The van der Waals surface area contributed by atoms with Crippen molar-refractivity contribution in [2.24, 2.45) is 0 Å². The van der Waals surface area contributed by atoms with Gasteiger partial charge >= 0.3 is 11.9 Å². The van der Waals surface area contributed by atoms with E-state index in [1.807, 2.05) is 0 Å². The van der Waals surface area contributed by atoms with Gasteiger partial charge in [0, 0.05) is 7.05 Å². The Balaban J connectivity index is 3.74. The second kappa shape index (κ2) is 5.99. The summed E-state index contributed by atoms with van der Waals surface area (Å²) in [6, 6.07) is 0. The molecule has 0 aromatic rings. The maximum Gasteiger partial charge on any atom is 0.396 e. The van der Waals surface area contributed by atoms with Crippen LogP contribution in [0, 0.1) is 0 Å². The van der Waals surface area contributed by atoms with Crippen LogP contribution in [0.5, 0.6) is 0 Å². The third kappa shape index (κ3) is 4.78. The molecule has 0 unspecified atom stereocenters. The third-order valence-corrected chi connectivity index (χ3v) is 1.15. The van der Waals surface area contributed by atoms with Gasteiger partial charge in [-0.1, -0.05) is 0 Å². The van der Waals surface area contributed by atoms with Crippen LogP contribution in [0.15, 0.2) is 0 Å². The number of hydrogen-bond acceptors (Lipinski definition) is 4. The summed E-state index contributed by atoms with van der Waals surface area (Å²) in [4.78, 5) is 32.1. The fourth-order valence-corrected chi connectivity index (χ4v) is 0.518. The first-order valence-corrected chi connectivity index (χ1v) is 3.77. The molecule has 0 aliphatic rings. The molecular formula is C7H12N2O4. The number of amides is 2. The Morgan fingerprint density at radius 3 is 2.38 bits per heavy atom. The number of likely N-dealkylation sites (N-methyl/N-ethyl adjacent to an activating group) is 1. The summed E-state index contributed by atoms with van der Waals surface area (Å²) < 4.78 is 4.39. The fraction of sp³-hybridized carbons (Fsp3) is 0.571. The van der Waals surface area contributed by atoms with Gasteiger partial charge in [-0.05, 0) is 6.92 Å². The van der Waals surface area contributed by atoms with E-state index in [0.717, 1.165) is 0 Å². The van der Waals surface area contributed by atoms with Crippen LogP contribution in [-0.2, 0) is 19.1 Å². The zero-order valence-corrected chi connectivity index (χ0v) is 7.55. The quantitative estimate of drug-likeness (QED) is 0.413. The molecule has 0 aliphatic carbocycles. The molecule has 2 amide bonds. The average Bonchev–Trinajstić information content (AvgIpc) is 2.13. The maximum atomic E-state index is 10.8. The molecule has 13 heavy (non-hydrogen) atoms. The Kier molecular flexibility index (Phi) is 5.25. The summed E-state index contributed by atoms with van der Waals surface area (Å²) in [5.74, 6) is -2.27. The van der Waals surface area contributed by atoms with Crippen molar-refractivity contribution in [1.29, 1.82) is 0 Å². The van der Waals surface area contributed by atoms with Gasteiger partial charge in [-0.15, -0.1) is 0 Å². The molecule has 0 radical (unpaired) electrons. The highest BCUT2D eigenvalue weighted by atomic mass is 16.5. The molecule has 0 aromatic carbocycles. The first-order chi connectivity index (χ1) is 6.11. The lowest BCUT2D eigenvalue weighted by Crippen LogP contribution is -2.39. The van der Waals surface area contributed by atoms with Gasteiger partial charge in [0.25, 0.3) is 0 Å². The van der Waals surface area contributed by atoms with Gasteiger partial charge in [0.2, 0.25) is 5.91 Å². The molecule has 0 fully saturated rings. The molecule has 0 heterocycles. The lowest BCUT2D eigenvalue weighted by atomic mass is 10.5. The molecule has 0 aromatic heterocycles. The minimum atomic E-state index is -0.980. The summed E-state index contributed by atoms with van der Waals surface area (Å²) in [6.45, 7) is 1.49. The monoisotopic (exact) mass is 188 g/mol. The van der Waals surface area contributed by atoms with E-state index in [0.29, 0.717) is 0 Å². The Labute approximate surface area is 75.6 Å². The van der Waals surface area contributed by atoms with E-state index in [-0.39, 0.29) is 19.1 Å². The van der Waals surface area contributed by atoms with E-state index in [1.54, 1.807) is 6.92 Å². The topological polar surface area (TPSA) is 84.5 Å². The van der Waals surface area contributed by atoms with Crippen LogP contribution in [0.4, 0.5) is 0 Å². The molecule has 0 aliphatic heterocycles. The summed E-state index contributed by atoms with van der Waals surface area (Å²) in [5, 5.41) is 4.38. The molecule has 6 nitrogen and oxygen atoms in total. The standard InChI is InChI=1S/C7H12N2O4/c1-3-13-7(12)6(11)9-4-5(10)8-2/h3-4H2,1-2H3,(H,8,10)(H,9,11). The zero-order valence-electron chi connectivity index (χ0n) is 7.55. The molecular weight excluding hydrogens is 176 g/mol. The van der Waals surface area contributed by atoms with Gasteiger partial charge < -0.3 is 15.4 Å². The molecule has 0 saturated carbocycles. The number of rotatable bonds is 3. The van der Waals surface area contributed by atoms with E-state index < -0.39 is 11.9 Å². The van der Waals surface area contributed by atoms with Crippen molar-refractivity contribution in [2.45, 2.75) is 6.92 Å². The molecule has 0 spiro atoms. The van der Waals surface area contributed by atoms with Crippen LogP contribution in [-0.4, -0.2) is 38.0 Å². The smallest absolute Gasteiger partial charge is 0.396 e. The molecule has 74 valence electrons. The Morgan fingerprint density at radius 1 is 1.31 bits per heavy atom. The highest BCUT2D eigenvalue weighted by Gasteiger charge is 2.14. The van der Waals surface area contributed by atoms with E-state index in [9.17, 15) is 14.4 Å². The minimum absolute atomic E-state index is 0.131. The first kappa shape index (κ1) is 11.4. The minimum Gasteiger partial charge on any atom is -0.459 e. The fourth-order valence-electron chi connectivity index (χ4n) is 0.518. The van der Waals surface area contributed by atoms with E-state index >= 15 is 0 Å². The summed E-state index contributed by atoms with van der Waals surface area (Å²) in [7, 11) is 1.43. The number of carbonyl (C=O) groups is 3. The van der Waals surface area contributed by atoms with Crippen molar-refractivity contribution in [3.63, 3.8) is 0 Å². The lowest BCUT2D eigenvalue weighted by molar-refractivity contribution is -0.154. The van der Waals surface area contributed by atoms with Crippen molar-refractivity contribution in [1.82, 2.24) is 10.6 Å². The van der Waals surface area contributed by atoms with Crippen LogP contribution in [0.3, 0.4) is 0 Å². The van der Waals surface area contributed by atoms with Crippen molar-refractivity contribution in [3.8, 4) is 0 Å². The molecule has 2 N–H and O–H groups in total. The molecule has 0 rings (SSSR count). The van der Waals surface area contributed by atoms with Gasteiger partial charge in [-0.3, -0.25) is 9.59 Å². The largest absolute Gasteiger partial charge is 0.459 e. The van der Waals surface area contributed by atoms with Gasteiger partial charge in [0.05, 0.1) is 13.2 Å². The highest BCUT2D eigenvalue weighted by Crippen LogP contribution is 1.77. The summed E-state index contributed by atoms with van der Waals surface area (Å²) in [6.07, 6.45) is 0. The van der Waals surface area contributed by atoms with E-state index in [1.165, 1.54) is 7.05 Å². The number of carbonyl (C=O) groups excluding carboxylic acids is 3. The normalized spacial score (nSPS) is 8.77. The third-order valence-electron chi connectivity index (χ3n) is 1.15. The second-order valence-electron chi connectivity index (χ2n) is 2.08. The van der Waals surface area contributed by atoms with Gasteiger partial charge in [-0.2, -0.15) is 0 Å². The van der Waals surface area contributed by atoms with Crippen molar-refractivity contribution >= 4 is 17.8 Å². The Bertz CT molecular complexity index is 215. The predicted molar refractivity (Wildman–Crippen MR) is 43.7 cm³/mol. The SMILES string of the molecule is CCOC(=O)C(=O)NCC(=O)NC. The molecule has 6 heteroatoms. The van der Waals surface area contributed by atoms with Crippen molar-refractivity contribution in [2.75, 3.05) is 20.2 Å². The first-order valence-electron chi connectivity index (χ1n) is 3.77. The van der Waals surface area contributed by atoms with Crippen LogP contribution in [0.2, 0.25) is 0 Å². The zero-order chi connectivity index (χ0) is 10.3. The number of nitrogens with one attached hydrogen (secondary N) is 2. The highest BCUT2D eigenvalue weighted by molar-refractivity contribution is 6.32. The van der Waals surface area contributed by atoms with Crippen LogP contribution in [0.25, 0.3) is 0 Å². The second-order valence-corrected chi connectivity index (χ2v) is 2.08. The van der Waals surface area contributed by atoms with Crippen LogP contribution >= 0.6 is 0 Å². The molecule has 0 saturated heterocycles. The van der Waals surface area contributed by atoms with Gasteiger partial charge in [-0.25, -0.2) is 4.79 Å². The Hall–Kier alpha value is -1.59. The molecule has 0 bridgehead atoms. The van der Waals surface area contributed by atoms with Crippen molar-refractivity contribution in [3.05, 3.63) is 0 Å².